The third kappa shape index (κ3) is 2.50. The van der Waals surface area contributed by atoms with E-state index >= 15 is 0 Å². The molecule has 3 rings (SSSR count). The first-order valence-electron chi connectivity index (χ1n) is 6.51. The third-order valence-corrected chi connectivity index (χ3v) is 4.09. The number of rotatable bonds is 3. The van der Waals surface area contributed by atoms with Gasteiger partial charge in [-0.15, -0.1) is 0 Å². The summed E-state index contributed by atoms with van der Waals surface area (Å²) in [4.78, 5) is 11.1. The van der Waals surface area contributed by atoms with Gasteiger partial charge in [-0.1, -0.05) is 18.0 Å². The van der Waals surface area contributed by atoms with Gasteiger partial charge in [-0.2, -0.15) is 5.10 Å². The van der Waals surface area contributed by atoms with Gasteiger partial charge >= 0.3 is 0 Å². The van der Waals surface area contributed by atoms with E-state index in [1.54, 1.807) is 12.5 Å². The predicted octanol–water partition coefficient (Wildman–Crippen LogP) is 1.92. The minimum absolute atomic E-state index is 0.298. The number of nitrogens with zero attached hydrogens (tertiary/aromatic N) is 5. The Hall–Kier alpha value is -1.40. The van der Waals surface area contributed by atoms with Crippen molar-refractivity contribution in [2.24, 2.45) is 7.05 Å². The van der Waals surface area contributed by atoms with Gasteiger partial charge in [0.1, 0.15) is 23.1 Å². The zero-order valence-electron chi connectivity index (χ0n) is 10.9. The lowest BCUT2D eigenvalue weighted by Crippen LogP contribution is -2.34. The van der Waals surface area contributed by atoms with Crippen molar-refractivity contribution >= 4 is 11.6 Å². The summed E-state index contributed by atoms with van der Waals surface area (Å²) in [6.45, 7) is 1.84. The van der Waals surface area contributed by atoms with E-state index in [1.165, 1.54) is 12.8 Å². The molecule has 1 aliphatic rings. The van der Waals surface area contributed by atoms with Crippen molar-refractivity contribution < 1.29 is 0 Å². The molecule has 2 aromatic rings. The predicted molar refractivity (Wildman–Crippen MR) is 71.6 cm³/mol. The SMILES string of the molecule is Cn1c(Cl)cnc1CN1CCCCC1c1ncn[nH]1. The van der Waals surface area contributed by atoms with E-state index in [-0.39, 0.29) is 0 Å². The molecule has 6 nitrogen and oxygen atoms in total. The maximum atomic E-state index is 6.04. The fraction of sp³-hybridized carbons (Fsp3) is 0.583. The molecule has 3 heterocycles. The van der Waals surface area contributed by atoms with Gasteiger partial charge in [-0.25, -0.2) is 9.97 Å². The van der Waals surface area contributed by atoms with Crippen LogP contribution in [-0.2, 0) is 13.6 Å². The van der Waals surface area contributed by atoms with E-state index in [1.807, 2.05) is 11.6 Å². The van der Waals surface area contributed by atoms with Crippen molar-refractivity contribution in [2.45, 2.75) is 31.8 Å². The number of likely N-dealkylation sites (tertiary alicyclic amines) is 1. The molecule has 0 aliphatic carbocycles. The number of hydrogen-bond donors (Lipinski definition) is 1. The summed E-state index contributed by atoms with van der Waals surface area (Å²) in [6, 6.07) is 0.298. The number of H-pyrrole nitrogens is 1. The summed E-state index contributed by atoms with van der Waals surface area (Å²) in [5, 5.41) is 7.61. The average Bonchev–Trinajstić information content (AvgIpc) is 3.05. The lowest BCUT2D eigenvalue weighted by atomic mass is 10.0. The quantitative estimate of drug-likeness (QED) is 0.933. The first-order valence-corrected chi connectivity index (χ1v) is 6.89. The molecule has 0 radical (unpaired) electrons. The van der Waals surface area contributed by atoms with Crippen LogP contribution in [0.15, 0.2) is 12.5 Å². The van der Waals surface area contributed by atoms with Crippen molar-refractivity contribution in [1.82, 2.24) is 29.6 Å². The maximum absolute atomic E-state index is 6.04. The zero-order chi connectivity index (χ0) is 13.2. The smallest absolute Gasteiger partial charge is 0.141 e. The van der Waals surface area contributed by atoms with E-state index in [4.69, 9.17) is 11.6 Å². The molecular formula is C12H17ClN6. The average molecular weight is 281 g/mol. The molecule has 1 aliphatic heterocycles. The molecule has 1 N–H and O–H groups in total. The Morgan fingerprint density at radius 2 is 2.32 bits per heavy atom. The molecule has 102 valence electrons. The van der Waals surface area contributed by atoms with Crippen molar-refractivity contribution in [1.29, 1.82) is 0 Å². The number of halogens is 1. The molecule has 1 fully saturated rings. The summed E-state index contributed by atoms with van der Waals surface area (Å²) in [6.07, 6.45) is 6.81. The van der Waals surface area contributed by atoms with Crippen LogP contribution in [0.3, 0.4) is 0 Å². The van der Waals surface area contributed by atoms with Crippen molar-refractivity contribution in [3.63, 3.8) is 0 Å². The number of piperidine rings is 1. The normalized spacial score (nSPS) is 20.8. The van der Waals surface area contributed by atoms with Crippen LogP contribution in [0.4, 0.5) is 0 Å². The number of hydrogen-bond acceptors (Lipinski definition) is 4. The fourth-order valence-electron chi connectivity index (χ4n) is 2.62. The Morgan fingerprint density at radius 3 is 3.00 bits per heavy atom. The number of nitrogens with one attached hydrogen (secondary N) is 1. The highest BCUT2D eigenvalue weighted by Crippen LogP contribution is 2.29. The fourth-order valence-corrected chi connectivity index (χ4v) is 2.76. The molecule has 0 aromatic carbocycles. The Kier molecular flexibility index (Phi) is 3.52. The van der Waals surface area contributed by atoms with E-state index in [9.17, 15) is 0 Å². The first kappa shape index (κ1) is 12.6. The van der Waals surface area contributed by atoms with Crippen LogP contribution in [-0.4, -0.2) is 36.2 Å². The zero-order valence-corrected chi connectivity index (χ0v) is 11.6. The highest BCUT2D eigenvalue weighted by Gasteiger charge is 2.27. The molecule has 0 saturated carbocycles. The largest absolute Gasteiger partial charge is 0.321 e. The second-order valence-corrected chi connectivity index (χ2v) is 5.30. The van der Waals surface area contributed by atoms with Crippen molar-refractivity contribution in [3.05, 3.63) is 29.3 Å². The Labute approximate surface area is 116 Å². The molecule has 0 bridgehead atoms. The van der Waals surface area contributed by atoms with Gasteiger partial charge in [0.05, 0.1) is 18.8 Å². The van der Waals surface area contributed by atoms with Crippen LogP contribution in [0.1, 0.15) is 37.0 Å². The van der Waals surface area contributed by atoms with E-state index < -0.39 is 0 Å². The van der Waals surface area contributed by atoms with Crippen molar-refractivity contribution in [2.75, 3.05) is 6.54 Å². The summed E-state index contributed by atoms with van der Waals surface area (Å²) in [7, 11) is 1.94. The summed E-state index contributed by atoms with van der Waals surface area (Å²) in [5.41, 5.74) is 0. The Bertz CT molecular complexity index is 534. The molecule has 2 aromatic heterocycles. The first-order chi connectivity index (χ1) is 9.25. The van der Waals surface area contributed by atoms with Crippen LogP contribution < -0.4 is 0 Å². The molecule has 1 unspecified atom stereocenters. The lowest BCUT2D eigenvalue weighted by molar-refractivity contribution is 0.129. The van der Waals surface area contributed by atoms with Gasteiger partial charge in [0.25, 0.3) is 0 Å². The van der Waals surface area contributed by atoms with Gasteiger partial charge in [-0.3, -0.25) is 10.00 Å². The monoisotopic (exact) mass is 280 g/mol. The second-order valence-electron chi connectivity index (χ2n) is 4.91. The Balaban J connectivity index is 1.79. The highest BCUT2D eigenvalue weighted by atomic mass is 35.5. The minimum Gasteiger partial charge on any atom is -0.321 e. The van der Waals surface area contributed by atoms with Gasteiger partial charge in [0, 0.05) is 7.05 Å². The molecule has 1 atom stereocenters. The second kappa shape index (κ2) is 5.30. The molecule has 0 amide bonds. The maximum Gasteiger partial charge on any atom is 0.141 e. The minimum atomic E-state index is 0.298. The van der Waals surface area contributed by atoms with Crippen LogP contribution in [0.5, 0.6) is 0 Å². The van der Waals surface area contributed by atoms with Crippen LogP contribution in [0, 0.1) is 0 Å². The molecular weight excluding hydrogens is 264 g/mol. The molecule has 19 heavy (non-hydrogen) atoms. The highest BCUT2D eigenvalue weighted by molar-refractivity contribution is 6.29. The van der Waals surface area contributed by atoms with Crippen molar-refractivity contribution in [3.8, 4) is 0 Å². The number of aromatic nitrogens is 5. The van der Waals surface area contributed by atoms with Crippen LogP contribution in [0.2, 0.25) is 5.15 Å². The van der Waals surface area contributed by atoms with E-state index in [2.05, 4.69) is 25.1 Å². The van der Waals surface area contributed by atoms with Gasteiger partial charge in [0.15, 0.2) is 0 Å². The molecule has 1 saturated heterocycles. The van der Waals surface area contributed by atoms with Crippen LogP contribution >= 0.6 is 11.6 Å². The van der Waals surface area contributed by atoms with Gasteiger partial charge in [-0.05, 0) is 19.4 Å². The van der Waals surface area contributed by atoms with Crippen LogP contribution in [0.25, 0.3) is 0 Å². The number of aromatic amines is 1. The van der Waals surface area contributed by atoms with Gasteiger partial charge in [0.2, 0.25) is 0 Å². The van der Waals surface area contributed by atoms with Gasteiger partial charge < -0.3 is 4.57 Å². The lowest BCUT2D eigenvalue weighted by Gasteiger charge is -2.33. The molecule has 0 spiro atoms. The standard InChI is InChI=1S/C12H17ClN6/c1-18-10(13)6-14-11(18)7-19-5-3-2-4-9(19)12-15-8-16-17-12/h6,8-9H,2-5,7H2,1H3,(H,15,16,17). The molecule has 7 heteroatoms. The summed E-state index contributed by atoms with van der Waals surface area (Å²) in [5.74, 6) is 1.93. The van der Waals surface area contributed by atoms with E-state index in [0.717, 1.165) is 31.2 Å². The number of imidazole rings is 1. The summed E-state index contributed by atoms with van der Waals surface area (Å²) < 4.78 is 1.92. The Morgan fingerprint density at radius 1 is 1.42 bits per heavy atom. The third-order valence-electron chi connectivity index (χ3n) is 3.74. The summed E-state index contributed by atoms with van der Waals surface area (Å²) >= 11 is 6.04. The topological polar surface area (TPSA) is 62.6 Å². The van der Waals surface area contributed by atoms with E-state index in [0.29, 0.717) is 11.2 Å².